The van der Waals surface area contributed by atoms with Crippen molar-refractivity contribution in [1.29, 1.82) is 0 Å². The van der Waals surface area contributed by atoms with Gasteiger partial charge in [-0.2, -0.15) is 0 Å². The molecule has 5 N–H and O–H groups in total. The zero-order chi connectivity index (χ0) is 13.6. The van der Waals surface area contributed by atoms with Crippen molar-refractivity contribution in [3.63, 3.8) is 0 Å². The van der Waals surface area contributed by atoms with Crippen LogP contribution in [0, 0.1) is 0 Å². The van der Waals surface area contributed by atoms with E-state index in [1.807, 2.05) is 0 Å². The van der Waals surface area contributed by atoms with Crippen LogP contribution in [0.15, 0.2) is 0 Å². The number of rotatable bonds is 7. The van der Waals surface area contributed by atoms with E-state index in [1.54, 1.807) is 0 Å². The average Bonchev–Trinajstić information content (AvgIpc) is 2.22. The zero-order valence-corrected chi connectivity index (χ0v) is 9.78. The molecular formula is C10H19NO6. The van der Waals surface area contributed by atoms with E-state index in [2.05, 4.69) is 5.32 Å². The van der Waals surface area contributed by atoms with Crippen molar-refractivity contribution in [2.75, 3.05) is 0 Å². The van der Waals surface area contributed by atoms with Gasteiger partial charge in [0.15, 0.2) is 6.29 Å². The highest BCUT2D eigenvalue weighted by molar-refractivity contribution is 5.77. The minimum Gasteiger partial charge on any atom is -0.393 e. The van der Waals surface area contributed by atoms with Crippen LogP contribution in [0.1, 0.15) is 20.3 Å². The van der Waals surface area contributed by atoms with Gasteiger partial charge in [-0.05, 0) is 13.8 Å². The molecule has 5 atom stereocenters. The Balaban J connectivity index is 4.59. The molecule has 0 heterocycles. The van der Waals surface area contributed by atoms with Crippen molar-refractivity contribution in [3.05, 3.63) is 0 Å². The molecule has 0 fully saturated rings. The number of aliphatic hydroxyl groups excluding tert-OH is 4. The number of hydrogen-bond acceptors (Lipinski definition) is 6. The highest BCUT2D eigenvalue weighted by atomic mass is 16.3. The number of amides is 1. The normalized spacial score (nSPS) is 19.9. The number of aliphatic hydroxyl groups is 4. The Morgan fingerprint density at radius 2 is 1.76 bits per heavy atom. The Labute approximate surface area is 99.1 Å². The van der Waals surface area contributed by atoms with E-state index in [-0.39, 0.29) is 12.7 Å². The van der Waals surface area contributed by atoms with Gasteiger partial charge >= 0.3 is 0 Å². The molecule has 0 saturated heterocycles. The van der Waals surface area contributed by atoms with E-state index >= 15 is 0 Å². The minimum atomic E-state index is -1.63. The second-order valence-corrected chi connectivity index (χ2v) is 4.00. The quantitative estimate of drug-likeness (QED) is 0.319. The lowest BCUT2D eigenvalue weighted by atomic mass is 10.0. The lowest BCUT2D eigenvalue weighted by Gasteiger charge is -2.27. The number of nitrogens with one attached hydrogen (secondary N) is 1. The van der Waals surface area contributed by atoms with Gasteiger partial charge in [-0.15, -0.1) is 0 Å². The molecule has 7 nitrogen and oxygen atoms in total. The van der Waals surface area contributed by atoms with Gasteiger partial charge in [-0.3, -0.25) is 4.79 Å². The molecule has 0 radical (unpaired) electrons. The molecule has 0 aromatic heterocycles. The molecule has 0 spiro atoms. The molecule has 0 saturated carbocycles. The van der Waals surface area contributed by atoms with Crippen LogP contribution in [0.3, 0.4) is 0 Å². The second kappa shape index (κ2) is 7.33. The summed E-state index contributed by atoms with van der Waals surface area (Å²) in [5.41, 5.74) is 0. The summed E-state index contributed by atoms with van der Waals surface area (Å²) in [6.07, 6.45) is -5.28. The van der Waals surface area contributed by atoms with Crippen molar-refractivity contribution in [2.45, 2.75) is 50.7 Å². The molecule has 0 aromatic carbocycles. The Morgan fingerprint density at radius 3 is 2.12 bits per heavy atom. The van der Waals surface area contributed by atoms with Crippen LogP contribution in [0.4, 0.5) is 0 Å². The number of carbonyl (C=O) groups is 2. The fourth-order valence-electron chi connectivity index (χ4n) is 1.27. The van der Waals surface area contributed by atoms with Crippen LogP contribution in [-0.4, -0.2) is 63.1 Å². The van der Waals surface area contributed by atoms with Gasteiger partial charge in [0.05, 0.1) is 24.7 Å². The first-order chi connectivity index (χ1) is 7.79. The van der Waals surface area contributed by atoms with Crippen molar-refractivity contribution in [2.24, 2.45) is 0 Å². The number of carbonyl (C=O) groups excluding carboxylic acids is 2. The number of aldehydes is 1. The standard InChI is InChI=1S/C10H19NO6/c1-5(13)3-8(16)11-9(7(15)4-12)10(17)6(2)14/h4-7,9-10,13-15,17H,3H2,1-2H3,(H,11,16)/t5-,6-,7+,9-,10+/m1/s1. The predicted octanol–water partition coefficient (Wildman–Crippen LogP) is -2.46. The van der Waals surface area contributed by atoms with E-state index < -0.39 is 36.4 Å². The maximum Gasteiger partial charge on any atom is 0.223 e. The summed E-state index contributed by atoms with van der Waals surface area (Å²) in [5.74, 6) is -0.634. The fourth-order valence-corrected chi connectivity index (χ4v) is 1.27. The Bertz CT molecular complexity index is 255. The molecule has 0 aliphatic rings. The van der Waals surface area contributed by atoms with Crippen LogP contribution >= 0.6 is 0 Å². The van der Waals surface area contributed by atoms with E-state index in [0.29, 0.717) is 0 Å². The second-order valence-electron chi connectivity index (χ2n) is 4.00. The smallest absolute Gasteiger partial charge is 0.223 e. The Morgan fingerprint density at radius 1 is 1.24 bits per heavy atom. The highest BCUT2D eigenvalue weighted by Gasteiger charge is 2.31. The van der Waals surface area contributed by atoms with Crippen LogP contribution in [0.25, 0.3) is 0 Å². The molecule has 0 bridgehead atoms. The third-order valence-electron chi connectivity index (χ3n) is 2.18. The van der Waals surface area contributed by atoms with Gasteiger partial charge in [0.2, 0.25) is 5.91 Å². The summed E-state index contributed by atoms with van der Waals surface area (Å²) in [6.45, 7) is 2.66. The first-order valence-corrected chi connectivity index (χ1v) is 5.26. The van der Waals surface area contributed by atoms with Gasteiger partial charge in [0.1, 0.15) is 12.2 Å². The van der Waals surface area contributed by atoms with Crippen molar-refractivity contribution >= 4 is 12.2 Å². The molecule has 0 aromatic rings. The highest BCUT2D eigenvalue weighted by Crippen LogP contribution is 2.05. The lowest BCUT2D eigenvalue weighted by molar-refractivity contribution is -0.129. The molecule has 0 rings (SSSR count). The topological polar surface area (TPSA) is 127 Å². The fraction of sp³-hybridized carbons (Fsp3) is 0.800. The average molecular weight is 249 g/mol. The molecular weight excluding hydrogens is 230 g/mol. The SMILES string of the molecule is C[C@@H](O)CC(=O)N[C@@H]([C@@H](O)[C@@H](C)O)[C@@H](O)C=O. The summed E-state index contributed by atoms with van der Waals surface area (Å²) in [5, 5.41) is 39.1. The summed E-state index contributed by atoms with van der Waals surface area (Å²) in [7, 11) is 0. The molecule has 17 heavy (non-hydrogen) atoms. The molecule has 1 amide bonds. The van der Waals surface area contributed by atoms with Gasteiger partial charge in [-0.25, -0.2) is 0 Å². The van der Waals surface area contributed by atoms with E-state index in [0.717, 1.165) is 0 Å². The maximum absolute atomic E-state index is 11.3. The van der Waals surface area contributed by atoms with Crippen molar-refractivity contribution in [3.8, 4) is 0 Å². The summed E-state index contributed by atoms with van der Waals surface area (Å²) in [6, 6.07) is -1.31. The minimum absolute atomic E-state index is 0.152. The Kier molecular flexibility index (Phi) is 6.89. The largest absolute Gasteiger partial charge is 0.393 e. The molecule has 0 unspecified atom stereocenters. The first-order valence-electron chi connectivity index (χ1n) is 5.26. The molecule has 7 heteroatoms. The van der Waals surface area contributed by atoms with Crippen molar-refractivity contribution < 1.29 is 30.0 Å². The lowest BCUT2D eigenvalue weighted by Crippen LogP contribution is -2.55. The predicted molar refractivity (Wildman–Crippen MR) is 58.0 cm³/mol. The maximum atomic E-state index is 11.3. The molecule has 100 valence electrons. The van der Waals surface area contributed by atoms with E-state index in [9.17, 15) is 19.8 Å². The van der Waals surface area contributed by atoms with Gasteiger partial charge < -0.3 is 30.5 Å². The monoisotopic (exact) mass is 249 g/mol. The number of hydrogen-bond donors (Lipinski definition) is 5. The van der Waals surface area contributed by atoms with Gasteiger partial charge in [0.25, 0.3) is 0 Å². The van der Waals surface area contributed by atoms with Gasteiger partial charge in [-0.1, -0.05) is 0 Å². The van der Waals surface area contributed by atoms with Gasteiger partial charge in [0, 0.05) is 0 Å². The first kappa shape index (κ1) is 16.0. The van der Waals surface area contributed by atoms with Crippen LogP contribution < -0.4 is 5.32 Å². The van der Waals surface area contributed by atoms with Crippen LogP contribution in [-0.2, 0) is 9.59 Å². The van der Waals surface area contributed by atoms with Crippen LogP contribution in [0.2, 0.25) is 0 Å². The third-order valence-corrected chi connectivity index (χ3v) is 2.18. The van der Waals surface area contributed by atoms with E-state index in [4.69, 9.17) is 10.2 Å². The zero-order valence-electron chi connectivity index (χ0n) is 9.78. The summed E-state index contributed by atoms with van der Waals surface area (Å²) >= 11 is 0. The molecule has 0 aliphatic heterocycles. The van der Waals surface area contributed by atoms with Crippen molar-refractivity contribution in [1.82, 2.24) is 5.32 Å². The summed E-state index contributed by atoms with van der Waals surface area (Å²) < 4.78 is 0. The Hall–Kier alpha value is -1.02. The third kappa shape index (κ3) is 5.73. The van der Waals surface area contributed by atoms with E-state index in [1.165, 1.54) is 13.8 Å². The molecule has 0 aliphatic carbocycles. The summed E-state index contributed by atoms with van der Waals surface area (Å²) in [4.78, 5) is 21.8. The van der Waals surface area contributed by atoms with Crippen LogP contribution in [0.5, 0.6) is 0 Å².